The molecule has 0 aliphatic carbocycles. The maximum atomic E-state index is 11.6. The van der Waals surface area contributed by atoms with E-state index in [1.165, 1.54) is 17.7 Å². The number of unbranched alkanes of at least 4 members (excludes halogenated alkanes) is 1. The van der Waals surface area contributed by atoms with Gasteiger partial charge in [0.15, 0.2) is 0 Å². The van der Waals surface area contributed by atoms with Gasteiger partial charge in [-0.3, -0.25) is 4.79 Å². The maximum absolute atomic E-state index is 11.6. The van der Waals surface area contributed by atoms with Gasteiger partial charge in [0.05, 0.1) is 12.8 Å². The number of ether oxygens (including phenoxy) is 1. The minimum absolute atomic E-state index is 0.0609. The fourth-order valence-electron chi connectivity index (χ4n) is 1.55. The topological polar surface area (TPSA) is 86.4 Å². The van der Waals surface area contributed by atoms with Crippen LogP contribution >= 0.6 is 0 Å². The molecule has 6 nitrogen and oxygen atoms in total. The van der Waals surface area contributed by atoms with E-state index in [4.69, 9.17) is 5.73 Å². The van der Waals surface area contributed by atoms with Gasteiger partial charge in [-0.1, -0.05) is 13.3 Å². The summed E-state index contributed by atoms with van der Waals surface area (Å²) in [5.74, 6) is -0.655. The van der Waals surface area contributed by atoms with E-state index in [1.807, 2.05) is 6.92 Å². The van der Waals surface area contributed by atoms with Crippen molar-refractivity contribution in [1.82, 2.24) is 9.88 Å². The van der Waals surface area contributed by atoms with Crippen LogP contribution in [0.5, 0.6) is 0 Å². The summed E-state index contributed by atoms with van der Waals surface area (Å²) in [4.78, 5) is 23.1. The first-order valence-electron chi connectivity index (χ1n) is 5.89. The van der Waals surface area contributed by atoms with E-state index >= 15 is 0 Å². The number of nitrogens with zero attached hydrogens (tertiary/aromatic N) is 1. The van der Waals surface area contributed by atoms with Gasteiger partial charge in [-0.05, 0) is 12.5 Å². The van der Waals surface area contributed by atoms with Gasteiger partial charge in [0, 0.05) is 12.7 Å². The zero-order chi connectivity index (χ0) is 13.5. The molecule has 1 heterocycles. The Balaban J connectivity index is 2.66. The Bertz CT molecular complexity index is 426. The summed E-state index contributed by atoms with van der Waals surface area (Å²) in [6.07, 6.45) is 3.50. The van der Waals surface area contributed by atoms with Crippen LogP contribution in [0, 0.1) is 0 Å². The van der Waals surface area contributed by atoms with Gasteiger partial charge in [-0.25, -0.2) is 4.79 Å². The summed E-state index contributed by atoms with van der Waals surface area (Å²) < 4.78 is 6.11. The summed E-state index contributed by atoms with van der Waals surface area (Å²) in [6.45, 7) is 2.75. The van der Waals surface area contributed by atoms with Crippen LogP contribution in [0.3, 0.4) is 0 Å². The number of anilines is 1. The van der Waals surface area contributed by atoms with Gasteiger partial charge < -0.3 is 20.4 Å². The highest BCUT2D eigenvalue weighted by Crippen LogP contribution is 2.11. The maximum Gasteiger partial charge on any atom is 0.354 e. The van der Waals surface area contributed by atoms with Gasteiger partial charge in [0.25, 0.3) is 0 Å². The Morgan fingerprint density at radius 2 is 2.22 bits per heavy atom. The molecule has 0 spiro atoms. The average molecular weight is 253 g/mol. The van der Waals surface area contributed by atoms with Gasteiger partial charge in [0.2, 0.25) is 5.91 Å². The summed E-state index contributed by atoms with van der Waals surface area (Å²) in [5.41, 5.74) is 6.31. The van der Waals surface area contributed by atoms with Gasteiger partial charge in [-0.2, -0.15) is 0 Å². The molecule has 0 aromatic carbocycles. The summed E-state index contributed by atoms with van der Waals surface area (Å²) >= 11 is 0. The fraction of sp³-hybridized carbons (Fsp3) is 0.500. The monoisotopic (exact) mass is 253 g/mol. The van der Waals surface area contributed by atoms with Crippen LogP contribution in [-0.2, 0) is 16.1 Å². The molecule has 0 unspecified atom stereocenters. The highest BCUT2D eigenvalue weighted by molar-refractivity contribution is 5.89. The molecule has 1 rings (SSSR count). The third-order valence-corrected chi connectivity index (χ3v) is 2.48. The number of amides is 1. The number of carbonyl (C=O) groups excluding carboxylic acids is 2. The molecule has 0 saturated carbocycles. The van der Waals surface area contributed by atoms with Crippen molar-refractivity contribution < 1.29 is 14.3 Å². The van der Waals surface area contributed by atoms with Gasteiger partial charge >= 0.3 is 5.97 Å². The van der Waals surface area contributed by atoms with Crippen molar-refractivity contribution in [3.8, 4) is 0 Å². The van der Waals surface area contributed by atoms with E-state index in [-0.39, 0.29) is 18.1 Å². The Labute approximate surface area is 106 Å². The van der Waals surface area contributed by atoms with Crippen molar-refractivity contribution >= 4 is 17.6 Å². The zero-order valence-corrected chi connectivity index (χ0v) is 10.7. The van der Waals surface area contributed by atoms with E-state index in [0.29, 0.717) is 12.2 Å². The van der Waals surface area contributed by atoms with Crippen LogP contribution in [0.4, 0.5) is 5.69 Å². The second-order valence-electron chi connectivity index (χ2n) is 3.98. The molecule has 18 heavy (non-hydrogen) atoms. The van der Waals surface area contributed by atoms with Gasteiger partial charge in [0.1, 0.15) is 12.2 Å². The van der Waals surface area contributed by atoms with Crippen molar-refractivity contribution in [3.63, 3.8) is 0 Å². The molecule has 0 aliphatic heterocycles. The van der Waals surface area contributed by atoms with Crippen LogP contribution in [0.15, 0.2) is 12.3 Å². The molecule has 1 aromatic rings. The van der Waals surface area contributed by atoms with E-state index in [0.717, 1.165) is 12.8 Å². The second-order valence-corrected chi connectivity index (χ2v) is 3.98. The first-order chi connectivity index (χ1) is 8.58. The number of carbonyl (C=O) groups is 2. The van der Waals surface area contributed by atoms with Crippen molar-refractivity contribution in [3.05, 3.63) is 18.0 Å². The fourth-order valence-corrected chi connectivity index (χ4v) is 1.55. The third kappa shape index (κ3) is 3.80. The molecule has 3 N–H and O–H groups in total. The first-order valence-corrected chi connectivity index (χ1v) is 5.89. The second kappa shape index (κ2) is 6.68. The number of esters is 1. The lowest BCUT2D eigenvalue weighted by atomic mass is 10.3. The number of nitrogens with one attached hydrogen (secondary N) is 1. The van der Waals surface area contributed by atoms with E-state index in [9.17, 15) is 9.59 Å². The third-order valence-electron chi connectivity index (χ3n) is 2.48. The largest absolute Gasteiger partial charge is 0.464 e. The highest BCUT2D eigenvalue weighted by atomic mass is 16.5. The molecule has 0 fully saturated rings. The molecule has 0 atom stereocenters. The number of methoxy groups -OCH3 is 1. The van der Waals surface area contributed by atoms with E-state index in [1.54, 1.807) is 6.20 Å². The molecule has 0 saturated heterocycles. The predicted molar refractivity (Wildman–Crippen MR) is 68.1 cm³/mol. The Morgan fingerprint density at radius 3 is 2.83 bits per heavy atom. The Kier molecular flexibility index (Phi) is 5.23. The quantitative estimate of drug-likeness (QED) is 0.579. The van der Waals surface area contributed by atoms with E-state index in [2.05, 4.69) is 10.1 Å². The van der Waals surface area contributed by atoms with Crippen LogP contribution in [-0.4, -0.2) is 30.1 Å². The van der Waals surface area contributed by atoms with Crippen LogP contribution in [0.25, 0.3) is 0 Å². The SMILES string of the molecule is CCCCNC(=O)Cn1cc(N)cc1C(=O)OC. The number of nitrogens with two attached hydrogens (primary N) is 1. The lowest BCUT2D eigenvalue weighted by Crippen LogP contribution is -2.29. The highest BCUT2D eigenvalue weighted by Gasteiger charge is 2.15. The molecule has 0 aliphatic rings. The van der Waals surface area contributed by atoms with Crippen LogP contribution in [0.1, 0.15) is 30.3 Å². The number of rotatable bonds is 6. The lowest BCUT2D eigenvalue weighted by molar-refractivity contribution is -0.121. The molecular formula is C12H19N3O3. The zero-order valence-electron chi connectivity index (χ0n) is 10.7. The Morgan fingerprint density at radius 1 is 1.50 bits per heavy atom. The molecule has 100 valence electrons. The van der Waals surface area contributed by atoms with E-state index < -0.39 is 5.97 Å². The molecular weight excluding hydrogens is 234 g/mol. The van der Waals surface area contributed by atoms with Crippen LogP contribution in [0.2, 0.25) is 0 Å². The molecule has 1 amide bonds. The standard InChI is InChI=1S/C12H19N3O3/c1-3-4-5-14-11(16)8-15-7-9(13)6-10(15)12(17)18-2/h6-7H,3-5,8,13H2,1-2H3,(H,14,16). The number of aromatic nitrogens is 1. The minimum Gasteiger partial charge on any atom is -0.464 e. The molecule has 0 bridgehead atoms. The number of nitrogen functional groups attached to an aromatic ring is 1. The predicted octanol–water partition coefficient (Wildman–Crippen LogP) is 0.773. The molecule has 0 radical (unpaired) electrons. The number of hydrogen-bond donors (Lipinski definition) is 2. The summed E-state index contributed by atoms with van der Waals surface area (Å²) in [6, 6.07) is 1.49. The van der Waals surface area contributed by atoms with Crippen molar-refractivity contribution in [2.75, 3.05) is 19.4 Å². The van der Waals surface area contributed by atoms with Crippen molar-refractivity contribution in [2.24, 2.45) is 0 Å². The minimum atomic E-state index is -0.506. The first kappa shape index (κ1) is 14.1. The summed E-state index contributed by atoms with van der Waals surface area (Å²) in [5, 5.41) is 2.77. The van der Waals surface area contributed by atoms with Crippen molar-refractivity contribution in [2.45, 2.75) is 26.3 Å². The normalized spacial score (nSPS) is 10.1. The molecule has 1 aromatic heterocycles. The number of hydrogen-bond acceptors (Lipinski definition) is 4. The van der Waals surface area contributed by atoms with Gasteiger partial charge in [-0.15, -0.1) is 0 Å². The van der Waals surface area contributed by atoms with Crippen molar-refractivity contribution in [1.29, 1.82) is 0 Å². The smallest absolute Gasteiger partial charge is 0.354 e. The summed E-state index contributed by atoms with van der Waals surface area (Å²) in [7, 11) is 1.29. The average Bonchev–Trinajstić information content (AvgIpc) is 2.69. The Hall–Kier alpha value is -1.98. The lowest BCUT2D eigenvalue weighted by Gasteiger charge is -2.08. The van der Waals surface area contributed by atoms with Crippen LogP contribution < -0.4 is 11.1 Å². The molecule has 6 heteroatoms.